The molecule has 1 aliphatic rings. The highest BCUT2D eigenvalue weighted by atomic mass is 32.2. The summed E-state index contributed by atoms with van der Waals surface area (Å²) in [5, 5.41) is -0.744. The average molecular weight is 410 g/mol. The molecule has 2 aromatic rings. The van der Waals surface area contributed by atoms with E-state index in [1.165, 1.54) is 23.5 Å². The van der Waals surface area contributed by atoms with Crippen LogP contribution in [-0.4, -0.2) is 46.6 Å². The number of sulfone groups is 1. The van der Waals surface area contributed by atoms with Crippen molar-refractivity contribution in [2.75, 3.05) is 20.2 Å². The molecule has 0 atom stereocenters. The lowest BCUT2D eigenvalue weighted by Crippen LogP contribution is -2.56. The van der Waals surface area contributed by atoms with Crippen LogP contribution in [0.1, 0.15) is 16.7 Å². The zero-order valence-electron chi connectivity index (χ0n) is 15.8. The lowest BCUT2D eigenvalue weighted by Gasteiger charge is -2.38. The van der Waals surface area contributed by atoms with Crippen LogP contribution in [0.5, 0.6) is 5.75 Å². The fourth-order valence-electron chi connectivity index (χ4n) is 3.45. The van der Waals surface area contributed by atoms with Gasteiger partial charge in [-0.2, -0.15) is 4.31 Å². The number of sulfonamides is 1. The van der Waals surface area contributed by atoms with Crippen LogP contribution in [0.25, 0.3) is 0 Å². The third-order valence-corrected chi connectivity index (χ3v) is 9.09. The molecule has 1 aliphatic heterocycles. The molecule has 6 nitrogen and oxygen atoms in total. The first-order chi connectivity index (χ1) is 12.6. The Kier molecular flexibility index (Phi) is 5.09. The number of ether oxygens (including phenoxy) is 1. The van der Waals surface area contributed by atoms with E-state index < -0.39 is 25.1 Å². The van der Waals surface area contributed by atoms with E-state index >= 15 is 0 Å². The van der Waals surface area contributed by atoms with Gasteiger partial charge in [0.1, 0.15) is 5.75 Å². The van der Waals surface area contributed by atoms with Crippen molar-refractivity contribution in [3.8, 4) is 5.75 Å². The van der Waals surface area contributed by atoms with Crippen molar-refractivity contribution in [2.45, 2.75) is 35.8 Å². The Bertz CT molecular complexity index is 1040. The molecule has 1 heterocycles. The zero-order chi connectivity index (χ0) is 20.0. The summed E-state index contributed by atoms with van der Waals surface area (Å²) in [6, 6.07) is 9.79. The Hall–Kier alpha value is -1.90. The van der Waals surface area contributed by atoms with Crippen molar-refractivity contribution in [3.63, 3.8) is 0 Å². The zero-order valence-corrected chi connectivity index (χ0v) is 17.4. The van der Waals surface area contributed by atoms with Crippen LogP contribution in [0, 0.1) is 20.8 Å². The highest BCUT2D eigenvalue weighted by Gasteiger charge is 2.44. The molecule has 0 aromatic heterocycles. The van der Waals surface area contributed by atoms with Gasteiger partial charge in [-0.1, -0.05) is 17.7 Å². The van der Waals surface area contributed by atoms with Gasteiger partial charge in [-0.3, -0.25) is 0 Å². The molecule has 0 bridgehead atoms. The number of benzene rings is 2. The standard InChI is InChI=1S/C19H23NO5S2/c1-13-9-14(2)19(15(3)10-13)27(23,24)20-11-18(12-20)26(21,22)17-7-5-16(25-4)6-8-17/h5-10,18H,11-12H2,1-4H3. The summed E-state index contributed by atoms with van der Waals surface area (Å²) in [5.41, 5.74) is 2.34. The monoisotopic (exact) mass is 409 g/mol. The minimum absolute atomic E-state index is 0.0382. The van der Waals surface area contributed by atoms with Crippen LogP contribution < -0.4 is 4.74 Å². The second kappa shape index (κ2) is 6.92. The van der Waals surface area contributed by atoms with Gasteiger partial charge in [0.05, 0.1) is 22.2 Å². The molecule has 3 rings (SSSR count). The minimum atomic E-state index is -3.72. The normalized spacial score (nSPS) is 16.1. The molecule has 0 spiro atoms. The first-order valence-corrected chi connectivity index (χ1v) is 11.5. The Labute approximate surface area is 160 Å². The summed E-state index contributed by atoms with van der Waals surface area (Å²) in [6.45, 7) is 5.36. The predicted octanol–water partition coefficient (Wildman–Crippen LogP) is 2.47. The van der Waals surface area contributed by atoms with Crippen molar-refractivity contribution >= 4 is 19.9 Å². The molecule has 8 heteroatoms. The highest BCUT2D eigenvalue weighted by molar-refractivity contribution is 7.92. The molecule has 0 radical (unpaired) electrons. The topological polar surface area (TPSA) is 80.8 Å². The first kappa shape index (κ1) is 19.9. The molecular formula is C19H23NO5S2. The summed E-state index contributed by atoms with van der Waals surface area (Å²) < 4.78 is 57.7. The molecule has 1 fully saturated rings. The van der Waals surface area contributed by atoms with E-state index in [9.17, 15) is 16.8 Å². The molecule has 0 saturated carbocycles. The number of hydrogen-bond acceptors (Lipinski definition) is 5. The van der Waals surface area contributed by atoms with Crippen molar-refractivity contribution in [1.29, 1.82) is 0 Å². The van der Waals surface area contributed by atoms with Crippen LogP contribution >= 0.6 is 0 Å². The van der Waals surface area contributed by atoms with Gasteiger partial charge in [0, 0.05) is 13.1 Å². The molecule has 2 aromatic carbocycles. The fourth-order valence-corrected chi connectivity index (χ4v) is 7.24. The van der Waals surface area contributed by atoms with Gasteiger partial charge in [0.15, 0.2) is 9.84 Å². The lowest BCUT2D eigenvalue weighted by atomic mass is 10.1. The van der Waals surface area contributed by atoms with E-state index in [1.54, 1.807) is 26.0 Å². The van der Waals surface area contributed by atoms with Crippen LogP contribution in [0.15, 0.2) is 46.2 Å². The highest BCUT2D eigenvalue weighted by Crippen LogP contribution is 2.32. The van der Waals surface area contributed by atoms with Crippen LogP contribution in [-0.2, 0) is 19.9 Å². The third kappa shape index (κ3) is 3.49. The Morgan fingerprint density at radius 1 is 0.926 bits per heavy atom. The number of aryl methyl sites for hydroxylation is 3. The maximum Gasteiger partial charge on any atom is 0.243 e. The van der Waals surface area contributed by atoms with Gasteiger partial charge in [-0.05, 0) is 56.2 Å². The maximum absolute atomic E-state index is 13.0. The second-order valence-corrected chi connectivity index (χ2v) is 11.0. The molecule has 1 saturated heterocycles. The third-order valence-electron chi connectivity index (χ3n) is 4.84. The van der Waals surface area contributed by atoms with E-state index in [4.69, 9.17) is 4.74 Å². The minimum Gasteiger partial charge on any atom is -0.497 e. The Balaban J connectivity index is 1.82. The van der Waals surface area contributed by atoms with Crippen molar-refractivity contribution in [3.05, 3.63) is 53.1 Å². The summed E-state index contributed by atoms with van der Waals surface area (Å²) in [5.74, 6) is 0.567. The fraction of sp³-hybridized carbons (Fsp3) is 0.368. The Morgan fingerprint density at radius 3 is 1.93 bits per heavy atom. The molecule has 27 heavy (non-hydrogen) atoms. The summed E-state index contributed by atoms with van der Waals surface area (Å²) in [7, 11) is -5.80. The van der Waals surface area contributed by atoms with Gasteiger partial charge < -0.3 is 4.74 Å². The smallest absolute Gasteiger partial charge is 0.243 e. The Morgan fingerprint density at radius 2 is 1.44 bits per heavy atom. The van der Waals surface area contributed by atoms with Crippen molar-refractivity contribution < 1.29 is 21.6 Å². The largest absolute Gasteiger partial charge is 0.497 e. The number of hydrogen-bond donors (Lipinski definition) is 0. The first-order valence-electron chi connectivity index (χ1n) is 8.53. The van der Waals surface area contributed by atoms with E-state index in [0.29, 0.717) is 16.9 Å². The molecule has 0 unspecified atom stereocenters. The van der Waals surface area contributed by atoms with Gasteiger partial charge in [-0.15, -0.1) is 0 Å². The van der Waals surface area contributed by atoms with Crippen molar-refractivity contribution in [1.82, 2.24) is 4.31 Å². The number of methoxy groups -OCH3 is 1. The number of rotatable bonds is 5. The molecule has 0 N–H and O–H groups in total. The van der Waals surface area contributed by atoms with Crippen molar-refractivity contribution in [2.24, 2.45) is 0 Å². The molecule has 0 aliphatic carbocycles. The summed E-state index contributed by atoms with van der Waals surface area (Å²) in [6.07, 6.45) is 0. The van der Waals surface area contributed by atoms with E-state index in [0.717, 1.165) is 5.56 Å². The lowest BCUT2D eigenvalue weighted by molar-refractivity contribution is 0.309. The number of nitrogens with zero attached hydrogens (tertiary/aromatic N) is 1. The van der Waals surface area contributed by atoms with Gasteiger partial charge in [-0.25, -0.2) is 16.8 Å². The molecular weight excluding hydrogens is 386 g/mol. The predicted molar refractivity (Wildman–Crippen MR) is 103 cm³/mol. The maximum atomic E-state index is 13.0. The summed E-state index contributed by atoms with van der Waals surface area (Å²) >= 11 is 0. The van der Waals surface area contributed by atoms with Crippen LogP contribution in [0.2, 0.25) is 0 Å². The second-order valence-electron chi connectivity index (χ2n) is 6.89. The quantitative estimate of drug-likeness (QED) is 0.758. The van der Waals surface area contributed by atoms with E-state index in [-0.39, 0.29) is 22.9 Å². The van der Waals surface area contributed by atoms with Gasteiger partial charge in [0.25, 0.3) is 0 Å². The van der Waals surface area contributed by atoms with Gasteiger partial charge >= 0.3 is 0 Å². The molecule has 146 valence electrons. The molecule has 0 amide bonds. The average Bonchev–Trinajstić information content (AvgIpc) is 2.51. The summed E-state index contributed by atoms with van der Waals surface area (Å²) in [4.78, 5) is 0.446. The van der Waals surface area contributed by atoms with E-state index in [1.807, 2.05) is 19.1 Å². The van der Waals surface area contributed by atoms with Crippen LogP contribution in [0.3, 0.4) is 0 Å². The van der Waals surface area contributed by atoms with E-state index in [2.05, 4.69) is 0 Å². The van der Waals surface area contributed by atoms with Gasteiger partial charge in [0.2, 0.25) is 10.0 Å². The van der Waals surface area contributed by atoms with Crippen LogP contribution in [0.4, 0.5) is 0 Å². The SMILES string of the molecule is COc1ccc(S(=O)(=O)C2CN(S(=O)(=O)c3c(C)cc(C)cc3C)C2)cc1.